The molecule has 0 heterocycles. The van der Waals surface area contributed by atoms with Gasteiger partial charge in [0.15, 0.2) is 0 Å². The average molecular weight is 281 g/mol. The molecule has 1 N–H and O–H groups in total. The van der Waals surface area contributed by atoms with Gasteiger partial charge in [0.1, 0.15) is 0 Å². The van der Waals surface area contributed by atoms with Gasteiger partial charge in [0.25, 0.3) is 0 Å². The molecule has 0 atom stereocenters. The second kappa shape index (κ2) is 9.11. The monoisotopic (exact) mass is 281 g/mol. The van der Waals surface area contributed by atoms with Gasteiger partial charge in [0.2, 0.25) is 0 Å². The van der Waals surface area contributed by atoms with Crippen LogP contribution in [0.1, 0.15) is 23.6 Å². The first kappa shape index (κ1) is 15.5. The Hall–Kier alpha value is -1.90. The Kier molecular flexibility index (Phi) is 6.72. The van der Waals surface area contributed by atoms with E-state index in [0.29, 0.717) is 13.2 Å². The minimum Gasteiger partial charge on any atom is -0.373 e. The maximum Gasteiger partial charge on any atom is 0.0721 e. The predicted molar refractivity (Wildman–Crippen MR) is 89.0 cm³/mol. The third-order valence-corrected chi connectivity index (χ3v) is 3.19. The number of nitrogens with one attached hydrogen (secondary N) is 1. The first-order chi connectivity index (χ1) is 10.4. The number of ether oxygens (including phenoxy) is 1. The third kappa shape index (κ3) is 5.94. The van der Waals surface area contributed by atoms with Crippen molar-refractivity contribution in [3.8, 4) is 0 Å². The van der Waals surface area contributed by atoms with Gasteiger partial charge in [-0.3, -0.25) is 0 Å². The largest absolute Gasteiger partial charge is 0.373 e. The first-order valence-corrected chi connectivity index (χ1v) is 7.46. The zero-order valence-corrected chi connectivity index (χ0v) is 12.6. The minimum atomic E-state index is 0.633. The van der Waals surface area contributed by atoms with Gasteiger partial charge in [-0.15, -0.1) is 0 Å². The second-order valence-electron chi connectivity index (χ2n) is 4.93. The number of hydrogen-bond acceptors (Lipinski definition) is 2. The molecule has 0 saturated heterocycles. The summed E-state index contributed by atoms with van der Waals surface area (Å²) < 4.78 is 5.66. The van der Waals surface area contributed by atoms with E-state index in [0.717, 1.165) is 13.1 Å². The summed E-state index contributed by atoms with van der Waals surface area (Å²) in [5.74, 6) is 0. The molecule has 0 bridgehead atoms. The molecule has 0 radical (unpaired) electrons. The summed E-state index contributed by atoms with van der Waals surface area (Å²) in [6.45, 7) is 5.33. The Morgan fingerprint density at radius 2 is 1.67 bits per heavy atom. The summed E-state index contributed by atoms with van der Waals surface area (Å²) >= 11 is 0. The summed E-state index contributed by atoms with van der Waals surface area (Å²) in [7, 11) is 0. The van der Waals surface area contributed by atoms with Crippen LogP contribution in [0.25, 0.3) is 6.08 Å². The number of hydrogen-bond donors (Lipinski definition) is 1. The fourth-order valence-corrected chi connectivity index (χ4v) is 2.02. The van der Waals surface area contributed by atoms with E-state index in [2.05, 4.69) is 60.8 Å². The van der Waals surface area contributed by atoms with Gasteiger partial charge in [0, 0.05) is 6.54 Å². The van der Waals surface area contributed by atoms with Crippen molar-refractivity contribution in [2.75, 3.05) is 13.2 Å². The van der Waals surface area contributed by atoms with Gasteiger partial charge in [0.05, 0.1) is 13.2 Å². The van der Waals surface area contributed by atoms with Crippen molar-refractivity contribution in [2.45, 2.75) is 20.1 Å². The highest BCUT2D eigenvalue weighted by atomic mass is 16.5. The highest BCUT2D eigenvalue weighted by molar-refractivity contribution is 5.48. The van der Waals surface area contributed by atoms with Crippen LogP contribution in [0.2, 0.25) is 0 Å². The molecule has 0 aliphatic rings. The molecule has 2 nitrogen and oxygen atoms in total. The van der Waals surface area contributed by atoms with Gasteiger partial charge in [-0.05, 0) is 23.2 Å². The fourth-order valence-electron chi connectivity index (χ4n) is 2.02. The molecule has 21 heavy (non-hydrogen) atoms. The van der Waals surface area contributed by atoms with Crippen LogP contribution in [0.3, 0.4) is 0 Å². The third-order valence-electron chi connectivity index (χ3n) is 3.19. The number of rotatable bonds is 8. The van der Waals surface area contributed by atoms with Gasteiger partial charge in [-0.1, -0.05) is 73.7 Å². The molecule has 0 fully saturated rings. The minimum absolute atomic E-state index is 0.633. The Balaban J connectivity index is 1.70. The van der Waals surface area contributed by atoms with Crippen molar-refractivity contribution in [3.63, 3.8) is 0 Å². The lowest BCUT2D eigenvalue weighted by molar-refractivity contribution is 0.149. The van der Waals surface area contributed by atoms with Gasteiger partial charge < -0.3 is 10.1 Å². The Bertz CT molecular complexity index is 531. The molecule has 0 saturated carbocycles. The van der Waals surface area contributed by atoms with Crippen molar-refractivity contribution in [2.24, 2.45) is 0 Å². The maximum atomic E-state index is 5.66. The van der Waals surface area contributed by atoms with E-state index in [9.17, 15) is 0 Å². The van der Waals surface area contributed by atoms with Crippen LogP contribution in [-0.2, 0) is 17.9 Å². The van der Waals surface area contributed by atoms with Crippen LogP contribution in [0.5, 0.6) is 0 Å². The molecule has 0 amide bonds. The smallest absolute Gasteiger partial charge is 0.0721 e. The van der Waals surface area contributed by atoms with Crippen molar-refractivity contribution < 1.29 is 4.74 Å². The van der Waals surface area contributed by atoms with Gasteiger partial charge >= 0.3 is 0 Å². The highest BCUT2D eigenvalue weighted by Gasteiger charge is 1.94. The molecule has 0 aliphatic carbocycles. The van der Waals surface area contributed by atoms with Gasteiger partial charge in [-0.25, -0.2) is 0 Å². The molecular weight excluding hydrogens is 258 g/mol. The van der Waals surface area contributed by atoms with E-state index in [1.54, 1.807) is 0 Å². The van der Waals surface area contributed by atoms with E-state index < -0.39 is 0 Å². The topological polar surface area (TPSA) is 21.3 Å². The summed E-state index contributed by atoms with van der Waals surface area (Å²) in [6, 6.07) is 18.8. The Morgan fingerprint density at radius 1 is 0.952 bits per heavy atom. The maximum absolute atomic E-state index is 5.66. The average Bonchev–Trinajstić information content (AvgIpc) is 2.55. The van der Waals surface area contributed by atoms with Crippen molar-refractivity contribution >= 4 is 6.08 Å². The summed E-state index contributed by atoms with van der Waals surface area (Å²) in [5.41, 5.74) is 3.72. The van der Waals surface area contributed by atoms with Crippen molar-refractivity contribution in [1.29, 1.82) is 0 Å². The van der Waals surface area contributed by atoms with Crippen LogP contribution in [0.4, 0.5) is 0 Å². The van der Waals surface area contributed by atoms with Gasteiger partial charge in [-0.2, -0.15) is 0 Å². The van der Waals surface area contributed by atoms with Crippen LogP contribution in [-0.4, -0.2) is 13.2 Å². The molecule has 0 aliphatic heterocycles. The van der Waals surface area contributed by atoms with Crippen LogP contribution < -0.4 is 5.32 Å². The molecule has 2 aromatic carbocycles. The summed E-state index contributed by atoms with van der Waals surface area (Å²) in [4.78, 5) is 0. The second-order valence-corrected chi connectivity index (χ2v) is 4.93. The summed E-state index contributed by atoms with van der Waals surface area (Å²) in [5, 5.41) is 3.32. The molecule has 0 unspecified atom stereocenters. The lowest BCUT2D eigenvalue weighted by Crippen LogP contribution is -2.11. The van der Waals surface area contributed by atoms with Crippen LogP contribution >= 0.6 is 0 Å². The van der Waals surface area contributed by atoms with E-state index in [4.69, 9.17) is 4.74 Å². The molecule has 2 heteroatoms. The molecule has 0 aromatic heterocycles. The molecule has 0 spiro atoms. The predicted octanol–water partition coefficient (Wildman–Crippen LogP) is 4.03. The Morgan fingerprint density at radius 3 is 2.38 bits per heavy atom. The van der Waals surface area contributed by atoms with E-state index in [-0.39, 0.29) is 0 Å². The lowest BCUT2D eigenvalue weighted by atomic mass is 10.1. The Labute approximate surface area is 127 Å². The molecule has 2 aromatic rings. The van der Waals surface area contributed by atoms with E-state index in [1.807, 2.05) is 18.2 Å². The number of benzene rings is 2. The van der Waals surface area contributed by atoms with Crippen molar-refractivity contribution in [3.05, 3.63) is 77.4 Å². The quantitative estimate of drug-likeness (QED) is 0.738. The van der Waals surface area contributed by atoms with E-state index in [1.165, 1.54) is 16.7 Å². The molecule has 110 valence electrons. The van der Waals surface area contributed by atoms with Crippen LogP contribution in [0.15, 0.2) is 60.7 Å². The SMILES string of the molecule is CCNCc1ccc(COCC=Cc2ccccc2)cc1. The molecular formula is C19H23NO. The zero-order valence-electron chi connectivity index (χ0n) is 12.6. The standard InChI is InChI=1S/C19H23NO/c1-2-20-15-18-10-12-19(13-11-18)16-21-14-6-9-17-7-4-3-5-8-17/h3-13,20H,2,14-16H2,1H3. The zero-order chi connectivity index (χ0) is 14.8. The summed E-state index contributed by atoms with van der Waals surface area (Å²) in [6.07, 6.45) is 4.13. The fraction of sp³-hybridized carbons (Fsp3) is 0.263. The van der Waals surface area contributed by atoms with Crippen LogP contribution in [0, 0.1) is 0 Å². The normalized spacial score (nSPS) is 11.1. The highest BCUT2D eigenvalue weighted by Crippen LogP contribution is 2.06. The van der Waals surface area contributed by atoms with E-state index >= 15 is 0 Å². The lowest BCUT2D eigenvalue weighted by Gasteiger charge is -2.05. The first-order valence-electron chi connectivity index (χ1n) is 7.46. The van der Waals surface area contributed by atoms with Crippen molar-refractivity contribution in [1.82, 2.24) is 5.32 Å². The molecule has 2 rings (SSSR count).